The Hall–Kier alpha value is -0.440. The predicted octanol–water partition coefficient (Wildman–Crippen LogP) is 2.89. The molecule has 0 unspecified atom stereocenters. The zero-order valence-electron chi connectivity index (χ0n) is 11.7. The summed E-state index contributed by atoms with van der Waals surface area (Å²) in [6.07, 6.45) is 1.08. The van der Waals surface area contributed by atoms with Crippen molar-refractivity contribution >= 4 is 44.3 Å². The van der Waals surface area contributed by atoms with E-state index in [4.69, 9.17) is 11.6 Å². The van der Waals surface area contributed by atoms with Crippen molar-refractivity contribution in [1.82, 2.24) is 9.21 Å². The van der Waals surface area contributed by atoms with Gasteiger partial charge in [-0.1, -0.05) is 11.6 Å². The molecule has 0 N–H and O–H groups in total. The molecule has 0 atom stereocenters. The molecule has 0 radical (unpaired) electrons. The molecule has 8 heteroatoms. The van der Waals surface area contributed by atoms with Gasteiger partial charge in [0.15, 0.2) is 0 Å². The lowest BCUT2D eigenvalue weighted by Crippen LogP contribution is -2.61. The summed E-state index contributed by atoms with van der Waals surface area (Å²) in [7, 11) is -3.36. The topological polar surface area (TPSA) is 40.6 Å². The maximum absolute atomic E-state index is 12.5. The Morgan fingerprint density at radius 2 is 2.05 bits per heavy atom. The third-order valence-electron chi connectivity index (χ3n) is 4.33. The Kier molecular flexibility index (Phi) is 3.83. The normalized spacial score (nSPS) is 20.8. The van der Waals surface area contributed by atoms with Crippen LogP contribution in [0.25, 0.3) is 0 Å². The van der Waals surface area contributed by atoms with Crippen LogP contribution in [0.15, 0.2) is 27.8 Å². The number of hydrogen-bond acceptors (Lipinski definition) is 5. The molecule has 0 aromatic carbocycles. The number of fused-ring (bicyclic) bond motifs is 1. The van der Waals surface area contributed by atoms with Gasteiger partial charge in [0.1, 0.15) is 4.21 Å². The third kappa shape index (κ3) is 2.53. The van der Waals surface area contributed by atoms with E-state index in [0.717, 1.165) is 30.8 Å². The molecule has 4 rings (SSSR count). The van der Waals surface area contributed by atoms with E-state index >= 15 is 0 Å². The minimum absolute atomic E-state index is 0.332. The average Bonchev–Trinajstić information content (AvgIpc) is 3.04. The van der Waals surface area contributed by atoms with Gasteiger partial charge in [0.05, 0.1) is 4.34 Å². The smallest absolute Gasteiger partial charge is 0.252 e. The van der Waals surface area contributed by atoms with Gasteiger partial charge in [-0.15, -0.1) is 22.7 Å². The summed E-state index contributed by atoms with van der Waals surface area (Å²) in [6, 6.07) is 5.75. The second kappa shape index (κ2) is 5.58. The Morgan fingerprint density at radius 3 is 2.77 bits per heavy atom. The van der Waals surface area contributed by atoms with Crippen molar-refractivity contribution in [2.24, 2.45) is 0 Å². The summed E-state index contributed by atoms with van der Waals surface area (Å²) in [5.41, 5.74) is 1.41. The maximum Gasteiger partial charge on any atom is 0.252 e. The summed E-state index contributed by atoms with van der Waals surface area (Å²) < 4.78 is 27.4. The van der Waals surface area contributed by atoms with E-state index in [1.165, 1.54) is 10.4 Å². The van der Waals surface area contributed by atoms with Crippen LogP contribution in [0.1, 0.15) is 10.4 Å². The minimum atomic E-state index is -3.36. The Labute approximate surface area is 143 Å². The van der Waals surface area contributed by atoms with Crippen LogP contribution in [-0.2, 0) is 23.0 Å². The lowest BCUT2D eigenvalue weighted by molar-refractivity contribution is 0.0776. The molecule has 0 saturated carbocycles. The lowest BCUT2D eigenvalue weighted by atomic mass is 10.0. The fourth-order valence-corrected chi connectivity index (χ4v) is 7.03. The summed E-state index contributed by atoms with van der Waals surface area (Å²) in [6.45, 7) is 3.13. The monoisotopic (exact) mass is 374 g/mol. The van der Waals surface area contributed by atoms with E-state index in [-0.39, 0.29) is 0 Å². The van der Waals surface area contributed by atoms with E-state index in [0.29, 0.717) is 27.7 Å². The van der Waals surface area contributed by atoms with E-state index in [1.54, 1.807) is 16.4 Å². The van der Waals surface area contributed by atoms with Gasteiger partial charge in [0.2, 0.25) is 0 Å². The summed E-state index contributed by atoms with van der Waals surface area (Å²) in [4.78, 5) is 3.89. The second-order valence-electron chi connectivity index (χ2n) is 5.62. The molecule has 2 aliphatic rings. The summed E-state index contributed by atoms with van der Waals surface area (Å²) in [5.74, 6) is 0. The van der Waals surface area contributed by atoms with Crippen LogP contribution in [0.2, 0.25) is 4.34 Å². The van der Waals surface area contributed by atoms with Crippen molar-refractivity contribution in [3.05, 3.63) is 38.4 Å². The van der Waals surface area contributed by atoms with E-state index in [2.05, 4.69) is 16.3 Å². The van der Waals surface area contributed by atoms with Crippen molar-refractivity contribution in [1.29, 1.82) is 0 Å². The molecule has 2 aromatic heterocycles. The highest BCUT2D eigenvalue weighted by Gasteiger charge is 2.40. The number of nitrogens with zero attached hydrogens (tertiary/aromatic N) is 2. The quantitative estimate of drug-likeness (QED) is 0.829. The van der Waals surface area contributed by atoms with Crippen molar-refractivity contribution in [2.45, 2.75) is 23.2 Å². The molecule has 0 amide bonds. The number of thiophene rings is 2. The first-order chi connectivity index (χ1) is 10.5. The van der Waals surface area contributed by atoms with Gasteiger partial charge in [-0.25, -0.2) is 8.42 Å². The van der Waals surface area contributed by atoms with Crippen LogP contribution >= 0.6 is 34.3 Å². The van der Waals surface area contributed by atoms with Gasteiger partial charge in [0, 0.05) is 37.1 Å². The molecular weight excluding hydrogens is 360 g/mol. The number of hydrogen-bond donors (Lipinski definition) is 0. The van der Waals surface area contributed by atoms with Crippen molar-refractivity contribution in [3.63, 3.8) is 0 Å². The predicted molar refractivity (Wildman–Crippen MR) is 90.3 cm³/mol. The first-order valence-electron chi connectivity index (χ1n) is 7.09. The minimum Gasteiger partial charge on any atom is -0.293 e. The van der Waals surface area contributed by atoms with Crippen molar-refractivity contribution in [3.8, 4) is 0 Å². The SMILES string of the molecule is O=S(=O)(c1ccc(Cl)s1)N1CC(N2CCc3sccc3C2)C1. The molecule has 4 heterocycles. The maximum atomic E-state index is 12.5. The van der Waals surface area contributed by atoms with Crippen LogP contribution < -0.4 is 0 Å². The van der Waals surface area contributed by atoms with Crippen LogP contribution in [0.5, 0.6) is 0 Å². The van der Waals surface area contributed by atoms with Crippen molar-refractivity contribution in [2.75, 3.05) is 19.6 Å². The van der Waals surface area contributed by atoms with Gasteiger partial charge in [0.25, 0.3) is 10.0 Å². The summed E-state index contributed by atoms with van der Waals surface area (Å²) >= 11 is 8.80. The number of sulfonamides is 1. The average molecular weight is 375 g/mol. The Balaban J connectivity index is 1.42. The number of halogens is 1. The van der Waals surface area contributed by atoms with Crippen LogP contribution in [0.4, 0.5) is 0 Å². The molecular formula is C14H15ClN2O2S3. The third-order valence-corrected chi connectivity index (χ3v) is 8.88. The highest BCUT2D eigenvalue weighted by atomic mass is 35.5. The van der Waals surface area contributed by atoms with E-state index in [1.807, 2.05) is 11.3 Å². The zero-order valence-corrected chi connectivity index (χ0v) is 14.9. The van der Waals surface area contributed by atoms with Gasteiger partial charge < -0.3 is 0 Å². The van der Waals surface area contributed by atoms with Gasteiger partial charge in [-0.3, -0.25) is 4.90 Å². The molecule has 0 aliphatic carbocycles. The molecule has 1 saturated heterocycles. The fourth-order valence-electron chi connectivity index (χ4n) is 2.99. The zero-order chi connectivity index (χ0) is 15.3. The second-order valence-corrected chi connectivity index (χ2v) is 10.5. The van der Waals surface area contributed by atoms with E-state index in [9.17, 15) is 8.42 Å². The molecule has 4 nitrogen and oxygen atoms in total. The van der Waals surface area contributed by atoms with Gasteiger partial charge in [-0.2, -0.15) is 4.31 Å². The van der Waals surface area contributed by atoms with Gasteiger partial charge in [-0.05, 0) is 35.6 Å². The van der Waals surface area contributed by atoms with Gasteiger partial charge >= 0.3 is 0 Å². The molecule has 2 aliphatic heterocycles. The van der Waals surface area contributed by atoms with Crippen LogP contribution in [0, 0.1) is 0 Å². The molecule has 0 spiro atoms. The first-order valence-corrected chi connectivity index (χ1v) is 10.6. The Morgan fingerprint density at radius 1 is 1.23 bits per heavy atom. The summed E-state index contributed by atoms with van der Waals surface area (Å²) in [5, 5.41) is 2.15. The molecule has 118 valence electrons. The molecule has 22 heavy (non-hydrogen) atoms. The van der Waals surface area contributed by atoms with Crippen LogP contribution in [-0.4, -0.2) is 43.3 Å². The molecule has 0 bridgehead atoms. The lowest BCUT2D eigenvalue weighted by Gasteiger charge is -2.45. The Bertz CT molecular complexity index is 793. The van der Waals surface area contributed by atoms with Crippen LogP contribution in [0.3, 0.4) is 0 Å². The van der Waals surface area contributed by atoms with E-state index < -0.39 is 10.0 Å². The fraction of sp³-hybridized carbons (Fsp3) is 0.429. The number of rotatable bonds is 3. The molecule has 1 fully saturated rings. The first kappa shape index (κ1) is 15.1. The molecule has 2 aromatic rings. The largest absolute Gasteiger partial charge is 0.293 e. The highest BCUT2D eigenvalue weighted by Crippen LogP contribution is 2.33. The van der Waals surface area contributed by atoms with Crippen molar-refractivity contribution < 1.29 is 8.42 Å². The highest BCUT2D eigenvalue weighted by molar-refractivity contribution is 7.91. The standard InChI is InChI=1S/C14H15ClN2O2S3/c15-13-1-2-14(21-13)22(18,19)17-8-11(9-17)16-5-3-12-10(7-16)4-6-20-12/h1-2,4,6,11H,3,5,7-9H2.